The van der Waals surface area contributed by atoms with Gasteiger partial charge in [0.2, 0.25) is 0 Å². The third-order valence-electron chi connectivity index (χ3n) is 7.71. The molecule has 5 aromatic rings. The van der Waals surface area contributed by atoms with E-state index in [1.807, 2.05) is 0 Å². The number of fused-ring (bicyclic) bond motifs is 4. The van der Waals surface area contributed by atoms with Gasteiger partial charge in [0.15, 0.2) is 0 Å². The highest BCUT2D eigenvalue weighted by Crippen LogP contribution is 2.30. The van der Waals surface area contributed by atoms with E-state index in [9.17, 15) is 0 Å². The van der Waals surface area contributed by atoms with Crippen molar-refractivity contribution < 1.29 is 0 Å². The van der Waals surface area contributed by atoms with Gasteiger partial charge in [-0.3, -0.25) is 0 Å². The van der Waals surface area contributed by atoms with Gasteiger partial charge in [-0.2, -0.15) is 0 Å². The van der Waals surface area contributed by atoms with E-state index in [1.165, 1.54) is 10.8 Å². The molecule has 2 saturated heterocycles. The zero-order valence-electron chi connectivity index (χ0n) is 20.7. The number of nitrogens with zero attached hydrogens (tertiary/aromatic N) is 2. The lowest BCUT2D eigenvalue weighted by molar-refractivity contribution is 0.589. The van der Waals surface area contributed by atoms with Crippen molar-refractivity contribution in [3.8, 4) is 11.8 Å². The Morgan fingerprint density at radius 3 is 2.11 bits per heavy atom. The molecule has 6 nitrogen and oxygen atoms in total. The molecular formula is C30H30N6. The fourth-order valence-corrected chi connectivity index (χ4v) is 5.73. The van der Waals surface area contributed by atoms with Gasteiger partial charge < -0.3 is 20.6 Å². The quantitative estimate of drug-likeness (QED) is 0.261. The van der Waals surface area contributed by atoms with E-state index in [4.69, 9.17) is 9.97 Å². The molecule has 6 heteroatoms. The van der Waals surface area contributed by atoms with Crippen LogP contribution in [-0.2, 0) is 0 Å². The first-order valence-corrected chi connectivity index (χ1v) is 13.0. The van der Waals surface area contributed by atoms with Crippen LogP contribution in [0.1, 0.15) is 61.5 Å². The van der Waals surface area contributed by atoms with Crippen molar-refractivity contribution in [1.29, 1.82) is 0 Å². The van der Waals surface area contributed by atoms with Gasteiger partial charge >= 0.3 is 0 Å². The Labute approximate surface area is 210 Å². The number of rotatable bonds is 2. The third kappa shape index (κ3) is 3.85. The van der Waals surface area contributed by atoms with Gasteiger partial charge in [0.1, 0.15) is 11.6 Å². The van der Waals surface area contributed by atoms with E-state index in [2.05, 4.69) is 94.8 Å². The topological polar surface area (TPSA) is 81.4 Å². The molecule has 180 valence electrons. The molecule has 3 aromatic carbocycles. The van der Waals surface area contributed by atoms with Gasteiger partial charge in [-0.1, -0.05) is 37.8 Å². The average molecular weight is 475 g/mol. The molecule has 7 rings (SSSR count). The Hall–Kier alpha value is -3.66. The number of H-pyrrole nitrogens is 2. The van der Waals surface area contributed by atoms with Crippen LogP contribution in [0.25, 0.3) is 32.8 Å². The number of aromatic nitrogens is 4. The summed E-state index contributed by atoms with van der Waals surface area (Å²) >= 11 is 0. The van der Waals surface area contributed by atoms with Crippen LogP contribution in [-0.4, -0.2) is 33.0 Å². The molecule has 4 atom stereocenters. The van der Waals surface area contributed by atoms with Crippen LogP contribution in [0.4, 0.5) is 0 Å². The summed E-state index contributed by atoms with van der Waals surface area (Å²) in [5.41, 5.74) is 6.13. The van der Waals surface area contributed by atoms with E-state index in [0.717, 1.165) is 70.8 Å². The summed E-state index contributed by atoms with van der Waals surface area (Å²) in [4.78, 5) is 16.8. The Morgan fingerprint density at radius 2 is 1.39 bits per heavy atom. The van der Waals surface area contributed by atoms with E-state index in [0.29, 0.717) is 23.9 Å². The summed E-state index contributed by atoms with van der Waals surface area (Å²) in [7, 11) is 0. The van der Waals surface area contributed by atoms with Gasteiger partial charge in [0.05, 0.1) is 34.2 Å². The Morgan fingerprint density at radius 1 is 0.722 bits per heavy atom. The summed E-state index contributed by atoms with van der Waals surface area (Å²) < 4.78 is 0. The number of benzene rings is 3. The van der Waals surface area contributed by atoms with Crippen LogP contribution >= 0.6 is 0 Å². The molecule has 2 fully saturated rings. The molecule has 4 N–H and O–H groups in total. The second kappa shape index (κ2) is 8.48. The molecule has 0 saturated carbocycles. The number of aromatic amines is 2. The Bertz CT molecular complexity index is 1670. The summed E-state index contributed by atoms with van der Waals surface area (Å²) in [6.07, 6.45) is 2.25. The highest BCUT2D eigenvalue weighted by atomic mass is 15.1. The fraction of sp³-hybridized carbons (Fsp3) is 0.333. The SMILES string of the molecule is C[C@@H]1CN[C@H](c2nc3cc(C#Cc4ccc5c(ccc6nc([C@@H]7C[C@H](C)CN7)[nH]c65)c4)ccc3[nH]2)C1. The fourth-order valence-electron chi connectivity index (χ4n) is 5.73. The maximum absolute atomic E-state index is 4.87. The van der Waals surface area contributed by atoms with Crippen LogP contribution in [0, 0.1) is 23.7 Å². The van der Waals surface area contributed by atoms with Crippen molar-refractivity contribution >= 4 is 32.8 Å². The predicted octanol–water partition coefficient (Wildman–Crippen LogP) is 5.33. The lowest BCUT2D eigenvalue weighted by Gasteiger charge is -2.05. The van der Waals surface area contributed by atoms with Crippen LogP contribution in [0.5, 0.6) is 0 Å². The lowest BCUT2D eigenvalue weighted by atomic mass is 10.1. The summed E-state index contributed by atoms with van der Waals surface area (Å²) in [6, 6.07) is 17.5. The molecule has 2 aliphatic rings. The summed E-state index contributed by atoms with van der Waals surface area (Å²) in [6.45, 7) is 6.66. The minimum absolute atomic E-state index is 0.313. The largest absolute Gasteiger partial charge is 0.341 e. The maximum atomic E-state index is 4.87. The number of hydrogen-bond acceptors (Lipinski definition) is 4. The zero-order chi connectivity index (χ0) is 24.2. The minimum atomic E-state index is 0.313. The smallest absolute Gasteiger partial charge is 0.124 e. The predicted molar refractivity (Wildman–Crippen MR) is 145 cm³/mol. The van der Waals surface area contributed by atoms with Crippen LogP contribution < -0.4 is 10.6 Å². The van der Waals surface area contributed by atoms with E-state index < -0.39 is 0 Å². The molecule has 0 radical (unpaired) electrons. The molecule has 36 heavy (non-hydrogen) atoms. The van der Waals surface area contributed by atoms with Gasteiger partial charge in [-0.15, -0.1) is 0 Å². The van der Waals surface area contributed by atoms with Crippen LogP contribution in [0.3, 0.4) is 0 Å². The molecule has 0 unspecified atom stereocenters. The molecule has 2 aromatic heterocycles. The summed E-state index contributed by atoms with van der Waals surface area (Å²) in [5.74, 6) is 10.1. The number of imidazole rings is 2. The lowest BCUT2D eigenvalue weighted by Crippen LogP contribution is -2.14. The van der Waals surface area contributed by atoms with E-state index in [1.54, 1.807) is 0 Å². The van der Waals surface area contributed by atoms with Crippen LogP contribution in [0.2, 0.25) is 0 Å². The first-order valence-electron chi connectivity index (χ1n) is 13.0. The summed E-state index contributed by atoms with van der Waals surface area (Å²) in [5, 5.41) is 9.49. The first kappa shape index (κ1) is 21.6. The Kier molecular flexibility index (Phi) is 5.09. The van der Waals surface area contributed by atoms with E-state index in [-0.39, 0.29) is 0 Å². The standard InChI is InChI=1S/C30H30N6/c1-17-11-26(31-15-17)29-33-23-9-6-20(14-25(23)35-29)4-3-19-5-8-22-21(13-19)7-10-24-28(22)36-30(34-24)27-12-18(2)16-32-27/h5-10,13-14,17-18,26-27,31-32H,11-12,15-16H2,1-2H3,(H,33,35)(H,34,36)/t17-,18-,26-,27-/m0/s1. The normalized spacial score (nSPS) is 24.1. The van der Waals surface area contributed by atoms with Crippen molar-refractivity contribution in [2.24, 2.45) is 11.8 Å². The van der Waals surface area contributed by atoms with Crippen molar-refractivity contribution in [1.82, 2.24) is 30.6 Å². The molecule has 0 aliphatic carbocycles. The maximum Gasteiger partial charge on any atom is 0.124 e. The molecular weight excluding hydrogens is 444 g/mol. The van der Waals surface area contributed by atoms with Gasteiger partial charge in [0, 0.05) is 16.5 Å². The molecule has 0 spiro atoms. The van der Waals surface area contributed by atoms with Gasteiger partial charge in [-0.25, -0.2) is 9.97 Å². The van der Waals surface area contributed by atoms with Gasteiger partial charge in [-0.05, 0) is 79.6 Å². The number of hydrogen-bond donors (Lipinski definition) is 4. The molecule has 0 amide bonds. The molecule has 4 heterocycles. The number of nitrogens with one attached hydrogen (secondary N) is 4. The van der Waals surface area contributed by atoms with E-state index >= 15 is 0 Å². The highest BCUT2D eigenvalue weighted by molar-refractivity contribution is 6.04. The first-order chi connectivity index (χ1) is 17.6. The average Bonchev–Trinajstić information content (AvgIpc) is 3.67. The Balaban J connectivity index is 1.16. The van der Waals surface area contributed by atoms with Crippen molar-refractivity contribution in [3.05, 3.63) is 71.3 Å². The molecule has 2 aliphatic heterocycles. The van der Waals surface area contributed by atoms with Gasteiger partial charge in [0.25, 0.3) is 0 Å². The molecule has 0 bridgehead atoms. The second-order valence-corrected chi connectivity index (χ2v) is 10.7. The van der Waals surface area contributed by atoms with Crippen LogP contribution in [0.15, 0.2) is 48.5 Å². The monoisotopic (exact) mass is 474 g/mol. The minimum Gasteiger partial charge on any atom is -0.341 e. The second-order valence-electron chi connectivity index (χ2n) is 10.7. The van der Waals surface area contributed by atoms with Crippen molar-refractivity contribution in [2.45, 2.75) is 38.8 Å². The van der Waals surface area contributed by atoms with Crippen molar-refractivity contribution in [2.75, 3.05) is 13.1 Å². The zero-order valence-corrected chi connectivity index (χ0v) is 20.7. The third-order valence-corrected chi connectivity index (χ3v) is 7.71. The van der Waals surface area contributed by atoms with Crippen molar-refractivity contribution in [3.63, 3.8) is 0 Å². The highest BCUT2D eigenvalue weighted by Gasteiger charge is 2.25.